The van der Waals surface area contributed by atoms with E-state index >= 15 is 0 Å². The smallest absolute Gasteiger partial charge is 0.0329 e. The highest BCUT2D eigenvalue weighted by Gasteiger charge is 1.93. The molecule has 0 aliphatic carbocycles. The zero-order valence-corrected chi connectivity index (χ0v) is 6.59. The van der Waals surface area contributed by atoms with Crippen LogP contribution in [0.5, 0.6) is 0 Å². The van der Waals surface area contributed by atoms with Gasteiger partial charge < -0.3 is 5.73 Å². The summed E-state index contributed by atoms with van der Waals surface area (Å²) in [5, 5.41) is 0. The largest absolute Gasteiger partial charge is 0.399 e. The summed E-state index contributed by atoms with van der Waals surface area (Å²) < 4.78 is 0. The molecule has 0 fully saturated rings. The number of hydrogen-bond acceptors (Lipinski definition) is 1. The molecule has 0 saturated heterocycles. The minimum Gasteiger partial charge on any atom is -0.399 e. The molecule has 0 saturated carbocycles. The van der Waals surface area contributed by atoms with Crippen LogP contribution in [0.4, 0.5) is 5.69 Å². The van der Waals surface area contributed by atoms with Crippen LogP contribution in [0.15, 0.2) is 18.2 Å². The fourth-order valence-electron chi connectivity index (χ4n) is 1.01. The second kappa shape index (κ2) is 3.12. The van der Waals surface area contributed by atoms with Gasteiger partial charge in [-0.3, -0.25) is 0 Å². The van der Waals surface area contributed by atoms with Crippen molar-refractivity contribution in [3.63, 3.8) is 0 Å². The lowest BCUT2D eigenvalue weighted by atomic mass is 10.1. The molecule has 1 nitrogen and oxygen atoms in total. The summed E-state index contributed by atoms with van der Waals surface area (Å²) in [6.45, 7) is 2.08. The van der Waals surface area contributed by atoms with Crippen molar-refractivity contribution >= 4 is 5.69 Å². The number of nitrogen functional groups attached to an aromatic ring is 1. The van der Waals surface area contributed by atoms with Crippen molar-refractivity contribution in [3.05, 3.63) is 29.3 Å². The molecule has 0 radical (unpaired) electrons. The lowest BCUT2D eigenvalue weighted by molar-refractivity contribution is 1.14. The fraction of sp³-hybridized carbons (Fsp3) is 0.200. The first-order valence-corrected chi connectivity index (χ1v) is 3.62. The van der Waals surface area contributed by atoms with Crippen molar-refractivity contribution in [2.45, 2.75) is 13.3 Å². The van der Waals surface area contributed by atoms with Crippen LogP contribution in [0.1, 0.15) is 18.1 Å². The molecule has 0 aliphatic rings. The van der Waals surface area contributed by atoms with Crippen molar-refractivity contribution in [1.82, 2.24) is 0 Å². The number of anilines is 1. The van der Waals surface area contributed by atoms with E-state index in [-0.39, 0.29) is 0 Å². The molecule has 0 amide bonds. The molecule has 56 valence electrons. The predicted octanol–water partition coefficient (Wildman–Crippen LogP) is 1.81. The Bertz CT molecular complexity index is 294. The zero-order chi connectivity index (χ0) is 8.27. The van der Waals surface area contributed by atoms with Crippen molar-refractivity contribution in [1.29, 1.82) is 0 Å². The lowest BCUT2D eigenvalue weighted by Crippen LogP contribution is -1.89. The van der Waals surface area contributed by atoms with Gasteiger partial charge in [0, 0.05) is 11.3 Å². The van der Waals surface area contributed by atoms with Gasteiger partial charge in [-0.05, 0) is 30.2 Å². The third-order valence-electron chi connectivity index (χ3n) is 1.59. The van der Waals surface area contributed by atoms with Crippen LogP contribution >= 0.6 is 0 Å². The quantitative estimate of drug-likeness (QED) is 0.473. The highest BCUT2D eigenvalue weighted by atomic mass is 14.5. The topological polar surface area (TPSA) is 26.0 Å². The first kappa shape index (κ1) is 7.68. The Morgan fingerprint density at radius 2 is 2.18 bits per heavy atom. The SMILES string of the molecule is C#Cc1cc(N)cc(CC)c1. The molecule has 1 aromatic carbocycles. The minimum absolute atomic E-state index is 0.748. The van der Waals surface area contributed by atoms with Gasteiger partial charge in [-0.1, -0.05) is 12.8 Å². The Morgan fingerprint density at radius 1 is 1.45 bits per heavy atom. The van der Waals surface area contributed by atoms with E-state index in [1.807, 2.05) is 12.1 Å². The molecule has 1 rings (SSSR count). The van der Waals surface area contributed by atoms with E-state index in [4.69, 9.17) is 12.2 Å². The van der Waals surface area contributed by atoms with Gasteiger partial charge in [0.05, 0.1) is 0 Å². The summed E-state index contributed by atoms with van der Waals surface area (Å²) in [4.78, 5) is 0. The van der Waals surface area contributed by atoms with Gasteiger partial charge in [0.1, 0.15) is 0 Å². The Balaban J connectivity index is 3.15. The zero-order valence-electron chi connectivity index (χ0n) is 6.59. The standard InChI is InChI=1S/C10H11N/c1-3-8-5-9(4-2)7-10(11)6-8/h1,5-7H,4,11H2,2H3. The molecule has 0 bridgehead atoms. The Kier molecular flexibility index (Phi) is 2.18. The third kappa shape index (κ3) is 1.75. The second-order valence-electron chi connectivity index (χ2n) is 2.46. The summed E-state index contributed by atoms with van der Waals surface area (Å²) >= 11 is 0. The van der Waals surface area contributed by atoms with E-state index in [0.29, 0.717) is 0 Å². The molecule has 0 unspecified atom stereocenters. The molecule has 11 heavy (non-hydrogen) atoms. The molecule has 1 heteroatoms. The highest BCUT2D eigenvalue weighted by molar-refractivity contribution is 5.49. The van der Waals surface area contributed by atoms with E-state index in [2.05, 4.69) is 12.8 Å². The lowest BCUT2D eigenvalue weighted by Gasteiger charge is -1.99. The molecule has 1 aromatic rings. The van der Waals surface area contributed by atoms with Gasteiger partial charge in [0.25, 0.3) is 0 Å². The van der Waals surface area contributed by atoms with E-state index in [1.165, 1.54) is 5.56 Å². The summed E-state index contributed by atoms with van der Waals surface area (Å²) in [5.41, 5.74) is 8.42. The summed E-state index contributed by atoms with van der Waals surface area (Å²) in [5.74, 6) is 2.56. The van der Waals surface area contributed by atoms with Gasteiger partial charge in [-0.2, -0.15) is 0 Å². The van der Waals surface area contributed by atoms with Gasteiger partial charge in [0.2, 0.25) is 0 Å². The maximum Gasteiger partial charge on any atom is 0.0329 e. The number of hydrogen-bond donors (Lipinski definition) is 1. The average Bonchev–Trinajstić information content (AvgIpc) is 2.03. The summed E-state index contributed by atoms with van der Waals surface area (Å²) in [7, 11) is 0. The summed E-state index contributed by atoms with van der Waals surface area (Å²) in [6.07, 6.45) is 6.21. The van der Waals surface area contributed by atoms with Crippen LogP contribution in [-0.2, 0) is 6.42 Å². The molecule has 0 aromatic heterocycles. The van der Waals surface area contributed by atoms with Crippen LogP contribution < -0.4 is 5.73 Å². The Labute approximate surface area is 67.2 Å². The van der Waals surface area contributed by atoms with E-state index in [1.54, 1.807) is 6.07 Å². The maximum atomic E-state index is 5.62. The molecule has 0 aliphatic heterocycles. The maximum absolute atomic E-state index is 5.62. The third-order valence-corrected chi connectivity index (χ3v) is 1.59. The molecule has 0 spiro atoms. The number of aryl methyl sites for hydroxylation is 1. The van der Waals surface area contributed by atoms with Crippen LogP contribution in [0.25, 0.3) is 0 Å². The monoisotopic (exact) mass is 145 g/mol. The predicted molar refractivity (Wildman–Crippen MR) is 48.2 cm³/mol. The number of rotatable bonds is 1. The van der Waals surface area contributed by atoms with Gasteiger partial charge >= 0.3 is 0 Å². The molecular weight excluding hydrogens is 134 g/mol. The number of terminal acetylenes is 1. The Morgan fingerprint density at radius 3 is 2.73 bits per heavy atom. The first-order valence-electron chi connectivity index (χ1n) is 3.62. The van der Waals surface area contributed by atoms with Gasteiger partial charge in [-0.25, -0.2) is 0 Å². The van der Waals surface area contributed by atoms with E-state index in [0.717, 1.165) is 17.7 Å². The van der Waals surface area contributed by atoms with Crippen molar-refractivity contribution in [3.8, 4) is 12.3 Å². The van der Waals surface area contributed by atoms with Crippen molar-refractivity contribution in [2.75, 3.05) is 5.73 Å². The van der Waals surface area contributed by atoms with Crippen LogP contribution in [0, 0.1) is 12.3 Å². The van der Waals surface area contributed by atoms with Gasteiger partial charge in [-0.15, -0.1) is 6.42 Å². The fourth-order valence-corrected chi connectivity index (χ4v) is 1.01. The van der Waals surface area contributed by atoms with Crippen molar-refractivity contribution < 1.29 is 0 Å². The highest BCUT2D eigenvalue weighted by Crippen LogP contribution is 2.11. The van der Waals surface area contributed by atoms with Crippen LogP contribution in [0.2, 0.25) is 0 Å². The van der Waals surface area contributed by atoms with E-state index in [9.17, 15) is 0 Å². The Hall–Kier alpha value is -1.42. The normalized spacial score (nSPS) is 9.09. The van der Waals surface area contributed by atoms with Gasteiger partial charge in [0.15, 0.2) is 0 Å². The molecular formula is C10H11N. The number of benzene rings is 1. The van der Waals surface area contributed by atoms with E-state index < -0.39 is 0 Å². The summed E-state index contributed by atoms with van der Waals surface area (Å²) in [6, 6.07) is 5.73. The minimum atomic E-state index is 0.748. The van der Waals surface area contributed by atoms with Crippen molar-refractivity contribution in [2.24, 2.45) is 0 Å². The average molecular weight is 145 g/mol. The second-order valence-corrected chi connectivity index (χ2v) is 2.46. The molecule has 2 N–H and O–H groups in total. The van der Waals surface area contributed by atoms with Crippen LogP contribution in [-0.4, -0.2) is 0 Å². The number of nitrogens with two attached hydrogens (primary N) is 1. The first-order chi connectivity index (χ1) is 5.26. The molecule has 0 atom stereocenters. The molecule has 0 heterocycles. The van der Waals surface area contributed by atoms with Crippen LogP contribution in [0.3, 0.4) is 0 Å².